The summed E-state index contributed by atoms with van der Waals surface area (Å²) in [5.41, 5.74) is 8.59. The van der Waals surface area contributed by atoms with Crippen LogP contribution in [-0.4, -0.2) is 29.4 Å². The number of fused-ring (bicyclic) bond motifs is 1. The molecule has 0 aliphatic carbocycles. The monoisotopic (exact) mass is 222 g/mol. The lowest BCUT2D eigenvalue weighted by atomic mass is 9.95. The molecule has 4 heteroatoms. The summed E-state index contributed by atoms with van der Waals surface area (Å²) in [5, 5.41) is 22.6. The summed E-state index contributed by atoms with van der Waals surface area (Å²) in [6.45, 7) is 1.91. The van der Waals surface area contributed by atoms with E-state index in [4.69, 9.17) is 5.73 Å². The minimum Gasteiger partial charge on any atom is -0.389 e. The third-order valence-electron chi connectivity index (χ3n) is 3.06. The van der Waals surface area contributed by atoms with Crippen LogP contribution in [-0.2, 0) is 13.0 Å². The van der Waals surface area contributed by atoms with Crippen LogP contribution in [0.3, 0.4) is 0 Å². The van der Waals surface area contributed by atoms with Gasteiger partial charge in [-0.3, -0.25) is 0 Å². The van der Waals surface area contributed by atoms with Crippen LogP contribution in [0.1, 0.15) is 22.8 Å². The molecular weight excluding hydrogens is 204 g/mol. The van der Waals surface area contributed by atoms with Crippen molar-refractivity contribution in [2.75, 3.05) is 13.1 Å². The number of nitrogens with two attached hydrogens (primary N) is 1. The Morgan fingerprint density at radius 1 is 1.31 bits per heavy atom. The van der Waals surface area contributed by atoms with E-state index in [1.807, 2.05) is 18.2 Å². The highest BCUT2D eigenvalue weighted by atomic mass is 16.3. The molecule has 4 nitrogen and oxygen atoms in total. The second kappa shape index (κ2) is 4.93. The summed E-state index contributed by atoms with van der Waals surface area (Å²) in [5.74, 6) is 0. The van der Waals surface area contributed by atoms with Crippen LogP contribution in [0.2, 0.25) is 0 Å². The standard InChI is InChI=1S/C12H18N2O2/c13-6-11(15)12(16)9-1-2-10-7-14-4-3-8(10)5-9/h1-2,5,11-12,14-16H,3-4,6-7,13H2. The fourth-order valence-electron chi connectivity index (χ4n) is 2.03. The van der Waals surface area contributed by atoms with Gasteiger partial charge in [-0.15, -0.1) is 0 Å². The Bertz CT molecular complexity index is 368. The van der Waals surface area contributed by atoms with Gasteiger partial charge >= 0.3 is 0 Å². The second-order valence-corrected chi connectivity index (χ2v) is 4.20. The minimum atomic E-state index is -0.889. The molecule has 1 aliphatic rings. The molecule has 5 N–H and O–H groups in total. The number of aliphatic hydroxyl groups excluding tert-OH is 2. The van der Waals surface area contributed by atoms with E-state index in [1.54, 1.807) is 0 Å². The van der Waals surface area contributed by atoms with E-state index >= 15 is 0 Å². The zero-order valence-corrected chi connectivity index (χ0v) is 9.19. The highest BCUT2D eigenvalue weighted by Crippen LogP contribution is 2.22. The normalized spacial score (nSPS) is 18.9. The first kappa shape index (κ1) is 11.5. The van der Waals surface area contributed by atoms with Crippen molar-refractivity contribution in [1.82, 2.24) is 5.32 Å². The van der Waals surface area contributed by atoms with Crippen molar-refractivity contribution < 1.29 is 10.2 Å². The Kier molecular flexibility index (Phi) is 3.56. The average molecular weight is 222 g/mol. The van der Waals surface area contributed by atoms with Gasteiger partial charge in [-0.25, -0.2) is 0 Å². The van der Waals surface area contributed by atoms with Crippen LogP contribution in [0.5, 0.6) is 0 Å². The van der Waals surface area contributed by atoms with Gasteiger partial charge in [0.05, 0.1) is 6.10 Å². The fraction of sp³-hybridized carbons (Fsp3) is 0.500. The van der Waals surface area contributed by atoms with Crippen LogP contribution in [0.25, 0.3) is 0 Å². The Balaban J connectivity index is 2.22. The van der Waals surface area contributed by atoms with Crippen molar-refractivity contribution in [3.8, 4) is 0 Å². The molecule has 88 valence electrons. The van der Waals surface area contributed by atoms with Gasteiger partial charge < -0.3 is 21.3 Å². The predicted molar refractivity (Wildman–Crippen MR) is 61.9 cm³/mol. The number of hydrogen-bond donors (Lipinski definition) is 4. The largest absolute Gasteiger partial charge is 0.389 e. The van der Waals surface area contributed by atoms with Crippen molar-refractivity contribution in [1.29, 1.82) is 0 Å². The molecule has 0 bridgehead atoms. The van der Waals surface area contributed by atoms with Gasteiger partial charge in [0.25, 0.3) is 0 Å². The summed E-state index contributed by atoms with van der Waals surface area (Å²) in [4.78, 5) is 0. The van der Waals surface area contributed by atoms with Crippen LogP contribution in [0.4, 0.5) is 0 Å². The van der Waals surface area contributed by atoms with Crippen molar-refractivity contribution in [2.24, 2.45) is 5.73 Å². The molecule has 0 saturated carbocycles. The van der Waals surface area contributed by atoms with Crippen LogP contribution >= 0.6 is 0 Å². The number of nitrogens with one attached hydrogen (secondary N) is 1. The Morgan fingerprint density at radius 3 is 2.88 bits per heavy atom. The summed E-state index contributed by atoms with van der Waals surface area (Å²) >= 11 is 0. The van der Waals surface area contributed by atoms with E-state index in [9.17, 15) is 10.2 Å². The van der Waals surface area contributed by atoms with Crippen molar-refractivity contribution in [2.45, 2.75) is 25.2 Å². The molecule has 2 unspecified atom stereocenters. The maximum absolute atomic E-state index is 9.84. The second-order valence-electron chi connectivity index (χ2n) is 4.20. The summed E-state index contributed by atoms with van der Waals surface area (Å²) in [6, 6.07) is 5.83. The van der Waals surface area contributed by atoms with Gasteiger partial charge in [0.15, 0.2) is 0 Å². The third-order valence-corrected chi connectivity index (χ3v) is 3.06. The first-order chi connectivity index (χ1) is 7.72. The fourth-order valence-corrected chi connectivity index (χ4v) is 2.03. The number of aliphatic hydroxyl groups is 2. The number of benzene rings is 1. The van der Waals surface area contributed by atoms with Crippen molar-refractivity contribution >= 4 is 0 Å². The van der Waals surface area contributed by atoms with E-state index in [2.05, 4.69) is 5.32 Å². The number of rotatable bonds is 3. The van der Waals surface area contributed by atoms with E-state index in [0.717, 1.165) is 25.1 Å². The van der Waals surface area contributed by atoms with E-state index < -0.39 is 12.2 Å². The maximum atomic E-state index is 9.84. The van der Waals surface area contributed by atoms with E-state index in [-0.39, 0.29) is 6.54 Å². The Morgan fingerprint density at radius 2 is 2.12 bits per heavy atom. The smallest absolute Gasteiger partial charge is 0.106 e. The Hall–Kier alpha value is -0.940. The highest BCUT2D eigenvalue weighted by Gasteiger charge is 2.18. The maximum Gasteiger partial charge on any atom is 0.106 e. The van der Waals surface area contributed by atoms with Gasteiger partial charge in [-0.1, -0.05) is 18.2 Å². The predicted octanol–water partition coefficient (Wildman–Crippen LogP) is -0.315. The summed E-state index contributed by atoms with van der Waals surface area (Å²) < 4.78 is 0. The molecule has 2 atom stereocenters. The van der Waals surface area contributed by atoms with Gasteiger partial charge in [-0.05, 0) is 29.7 Å². The first-order valence-electron chi connectivity index (χ1n) is 5.61. The van der Waals surface area contributed by atoms with E-state index in [0.29, 0.717) is 0 Å². The first-order valence-corrected chi connectivity index (χ1v) is 5.61. The molecule has 0 aromatic heterocycles. The summed E-state index contributed by atoms with van der Waals surface area (Å²) in [6.07, 6.45) is -0.806. The van der Waals surface area contributed by atoms with Crippen LogP contribution in [0.15, 0.2) is 18.2 Å². The Labute approximate surface area is 95.1 Å². The zero-order chi connectivity index (χ0) is 11.5. The number of hydrogen-bond acceptors (Lipinski definition) is 4. The highest BCUT2D eigenvalue weighted by molar-refractivity contribution is 5.35. The van der Waals surface area contributed by atoms with Crippen molar-refractivity contribution in [3.05, 3.63) is 34.9 Å². The van der Waals surface area contributed by atoms with Crippen LogP contribution < -0.4 is 11.1 Å². The molecule has 1 aliphatic heterocycles. The molecule has 1 aromatic rings. The van der Waals surface area contributed by atoms with Gasteiger partial charge in [-0.2, -0.15) is 0 Å². The lowest BCUT2D eigenvalue weighted by Gasteiger charge is -2.21. The molecule has 1 aromatic carbocycles. The van der Waals surface area contributed by atoms with Crippen molar-refractivity contribution in [3.63, 3.8) is 0 Å². The third kappa shape index (κ3) is 2.25. The van der Waals surface area contributed by atoms with Crippen LogP contribution in [0, 0.1) is 0 Å². The lowest BCUT2D eigenvalue weighted by Crippen LogP contribution is -2.28. The lowest BCUT2D eigenvalue weighted by molar-refractivity contribution is 0.0243. The van der Waals surface area contributed by atoms with Gasteiger partial charge in [0, 0.05) is 13.1 Å². The molecular formula is C12H18N2O2. The molecule has 1 heterocycles. The SMILES string of the molecule is NCC(O)C(O)c1ccc2c(c1)CCNC2. The molecule has 0 spiro atoms. The molecule has 0 saturated heterocycles. The molecule has 0 amide bonds. The van der Waals surface area contributed by atoms with E-state index in [1.165, 1.54) is 11.1 Å². The summed E-state index contributed by atoms with van der Waals surface area (Å²) in [7, 11) is 0. The zero-order valence-electron chi connectivity index (χ0n) is 9.19. The quantitative estimate of drug-likeness (QED) is 0.565. The van der Waals surface area contributed by atoms with Gasteiger partial charge in [0.2, 0.25) is 0 Å². The topological polar surface area (TPSA) is 78.5 Å². The molecule has 16 heavy (non-hydrogen) atoms. The molecule has 0 radical (unpaired) electrons. The molecule has 0 fully saturated rings. The average Bonchev–Trinajstić information content (AvgIpc) is 2.36. The minimum absolute atomic E-state index is 0.0693. The molecule has 2 rings (SSSR count). The van der Waals surface area contributed by atoms with Gasteiger partial charge in [0.1, 0.15) is 6.10 Å².